The van der Waals surface area contributed by atoms with Gasteiger partial charge in [-0.3, -0.25) is 4.79 Å². The Kier molecular flexibility index (Phi) is 4.75. The van der Waals surface area contributed by atoms with E-state index >= 15 is 0 Å². The van der Waals surface area contributed by atoms with Gasteiger partial charge in [-0.25, -0.2) is 9.97 Å². The second kappa shape index (κ2) is 7.57. The fourth-order valence-corrected chi connectivity index (χ4v) is 6.66. The highest BCUT2D eigenvalue weighted by atomic mass is 32.1. The van der Waals surface area contributed by atoms with Crippen LogP contribution in [-0.2, 0) is 17.6 Å². The first-order valence-electron chi connectivity index (χ1n) is 10.8. The van der Waals surface area contributed by atoms with Gasteiger partial charge in [-0.15, -0.1) is 16.4 Å². The molecule has 2 N–H and O–H groups in total. The van der Waals surface area contributed by atoms with Crippen molar-refractivity contribution < 1.29 is 14.6 Å². The summed E-state index contributed by atoms with van der Waals surface area (Å²) in [5.41, 5.74) is 2.06. The van der Waals surface area contributed by atoms with Crippen LogP contribution in [0.5, 0.6) is 5.75 Å². The van der Waals surface area contributed by atoms with Crippen LogP contribution >= 0.6 is 22.9 Å². The predicted molar refractivity (Wildman–Crippen MR) is 127 cm³/mol. The zero-order valence-corrected chi connectivity index (χ0v) is 19.8. The van der Waals surface area contributed by atoms with Crippen molar-refractivity contribution in [3.05, 3.63) is 28.9 Å². The molecule has 1 aliphatic heterocycles. The number of anilines is 2. The van der Waals surface area contributed by atoms with E-state index < -0.39 is 5.60 Å². The van der Waals surface area contributed by atoms with Crippen molar-refractivity contribution in [1.29, 1.82) is 0 Å². The van der Waals surface area contributed by atoms with Crippen LogP contribution in [0.1, 0.15) is 23.8 Å². The predicted octanol–water partition coefficient (Wildman–Crippen LogP) is 3.15. The number of likely N-dealkylation sites (tertiary alicyclic amines) is 1. The summed E-state index contributed by atoms with van der Waals surface area (Å²) in [5.74, 6) is 1.50. The molecule has 4 heterocycles. The number of fused-ring (bicyclic) bond motifs is 4. The van der Waals surface area contributed by atoms with E-state index in [9.17, 15) is 9.90 Å². The Hall–Kier alpha value is -2.89. The maximum absolute atomic E-state index is 12.9. The highest BCUT2D eigenvalue weighted by molar-refractivity contribution is 7.19. The van der Waals surface area contributed by atoms with E-state index in [-0.39, 0.29) is 11.8 Å². The third kappa shape index (κ3) is 3.51. The van der Waals surface area contributed by atoms with Gasteiger partial charge in [0.25, 0.3) is 0 Å². The Morgan fingerprint density at radius 1 is 1.33 bits per heavy atom. The molecule has 3 aromatic heterocycles. The number of rotatable bonds is 4. The Morgan fingerprint density at radius 2 is 2.18 bits per heavy atom. The summed E-state index contributed by atoms with van der Waals surface area (Å²) in [4.78, 5) is 25.8. The number of aromatic nitrogens is 4. The highest BCUT2D eigenvalue weighted by Gasteiger charge is 2.42. The molecular formula is C22H22N6O3S2. The molecule has 1 aliphatic carbocycles. The standard InChI is InChI=1S/C22H22N6O3S2/c1-22(30)8-28(9-22)21(29)11-3-4-12-16(5-11)32-20-18(12)19(23-10-24-20)25-13-7-17-14(26-27-33-17)6-15(13)31-2/h6-7,10-11,30H,3-5,8-9H2,1-2H3,(H,23,24,25)/t11-/m0/s1. The zero-order valence-electron chi connectivity index (χ0n) is 18.2. The second-order valence-corrected chi connectivity index (χ2v) is 10.8. The average Bonchev–Trinajstić information content (AvgIpc) is 3.39. The number of hydrogen-bond donors (Lipinski definition) is 2. The van der Waals surface area contributed by atoms with Crippen LogP contribution in [0.4, 0.5) is 11.5 Å². The van der Waals surface area contributed by atoms with Crippen LogP contribution in [0, 0.1) is 5.92 Å². The van der Waals surface area contributed by atoms with Gasteiger partial charge in [-0.1, -0.05) is 4.49 Å². The van der Waals surface area contributed by atoms with Gasteiger partial charge in [0, 0.05) is 16.9 Å². The normalized spacial score (nSPS) is 19.4. The molecule has 2 aliphatic rings. The maximum atomic E-state index is 12.9. The van der Waals surface area contributed by atoms with Crippen molar-refractivity contribution in [2.75, 3.05) is 25.5 Å². The number of carbonyl (C=O) groups excluding carboxylic acids is 1. The molecule has 4 aromatic rings. The van der Waals surface area contributed by atoms with Gasteiger partial charge in [-0.2, -0.15) is 0 Å². The summed E-state index contributed by atoms with van der Waals surface area (Å²) in [6.07, 6.45) is 3.85. The van der Waals surface area contributed by atoms with Crippen LogP contribution in [0.15, 0.2) is 18.5 Å². The van der Waals surface area contributed by atoms with Crippen molar-refractivity contribution in [3.8, 4) is 5.75 Å². The van der Waals surface area contributed by atoms with Crippen LogP contribution in [0.2, 0.25) is 0 Å². The number of aryl methyl sites for hydroxylation is 1. The number of β-amino-alcohol motifs (C(OH)–C–C–N with tert-alkyl or cyclic N) is 1. The van der Waals surface area contributed by atoms with Crippen molar-refractivity contribution >= 4 is 60.7 Å². The number of nitrogens with one attached hydrogen (secondary N) is 1. The minimum atomic E-state index is -0.747. The average molecular weight is 483 g/mol. The molecule has 170 valence electrons. The molecule has 1 atom stereocenters. The van der Waals surface area contributed by atoms with Crippen LogP contribution in [0.25, 0.3) is 20.4 Å². The molecule has 0 spiro atoms. The van der Waals surface area contributed by atoms with Gasteiger partial charge < -0.3 is 20.1 Å². The lowest BCUT2D eigenvalue weighted by atomic mass is 9.85. The molecule has 1 fully saturated rings. The number of nitrogens with zero attached hydrogens (tertiary/aromatic N) is 5. The van der Waals surface area contributed by atoms with E-state index in [0.717, 1.165) is 44.8 Å². The molecule has 0 unspecified atom stereocenters. The summed E-state index contributed by atoms with van der Waals surface area (Å²) in [5, 5.41) is 18.6. The van der Waals surface area contributed by atoms with E-state index in [2.05, 4.69) is 24.9 Å². The lowest BCUT2D eigenvalue weighted by Gasteiger charge is -2.45. The zero-order chi connectivity index (χ0) is 22.7. The van der Waals surface area contributed by atoms with Gasteiger partial charge in [0.15, 0.2) is 0 Å². The Labute approximate surface area is 197 Å². The minimum Gasteiger partial charge on any atom is -0.494 e. The smallest absolute Gasteiger partial charge is 0.226 e. The quantitative estimate of drug-likeness (QED) is 0.456. The Bertz CT molecular complexity index is 1390. The Morgan fingerprint density at radius 3 is 2.97 bits per heavy atom. The molecular weight excluding hydrogens is 460 g/mol. The van der Waals surface area contributed by atoms with Crippen LogP contribution in [0.3, 0.4) is 0 Å². The van der Waals surface area contributed by atoms with E-state index in [1.54, 1.807) is 36.6 Å². The van der Waals surface area contributed by atoms with Crippen molar-refractivity contribution in [3.63, 3.8) is 0 Å². The summed E-state index contributed by atoms with van der Waals surface area (Å²) < 4.78 is 10.5. The van der Waals surface area contributed by atoms with Gasteiger partial charge >= 0.3 is 0 Å². The summed E-state index contributed by atoms with van der Waals surface area (Å²) in [7, 11) is 1.63. The molecule has 0 radical (unpaired) electrons. The number of amides is 1. The summed E-state index contributed by atoms with van der Waals surface area (Å²) >= 11 is 2.97. The first-order chi connectivity index (χ1) is 15.9. The van der Waals surface area contributed by atoms with Gasteiger partial charge in [0.1, 0.15) is 28.2 Å². The van der Waals surface area contributed by atoms with Gasteiger partial charge in [-0.05, 0) is 49.3 Å². The molecule has 6 rings (SSSR count). The molecule has 1 amide bonds. The minimum absolute atomic E-state index is 0.0487. The topological polar surface area (TPSA) is 113 Å². The number of hydrogen-bond acceptors (Lipinski definition) is 10. The largest absolute Gasteiger partial charge is 0.494 e. The highest BCUT2D eigenvalue weighted by Crippen LogP contribution is 2.42. The molecule has 11 heteroatoms. The van der Waals surface area contributed by atoms with E-state index in [4.69, 9.17) is 4.74 Å². The van der Waals surface area contributed by atoms with Crippen LogP contribution in [-0.4, -0.2) is 61.3 Å². The first kappa shape index (κ1) is 20.7. The van der Waals surface area contributed by atoms with Gasteiger partial charge in [0.2, 0.25) is 5.91 Å². The number of ether oxygens (including phenoxy) is 1. The third-order valence-corrected chi connectivity index (χ3v) is 8.24. The fraction of sp³-hybridized carbons (Fsp3) is 0.409. The molecule has 33 heavy (non-hydrogen) atoms. The van der Waals surface area contributed by atoms with Crippen molar-refractivity contribution in [2.24, 2.45) is 5.92 Å². The number of carbonyl (C=O) groups is 1. The second-order valence-electron chi connectivity index (χ2n) is 8.96. The number of methoxy groups -OCH3 is 1. The lowest BCUT2D eigenvalue weighted by molar-refractivity contribution is -0.156. The molecule has 1 aromatic carbocycles. The van der Waals surface area contributed by atoms with Crippen molar-refractivity contribution in [2.45, 2.75) is 31.8 Å². The van der Waals surface area contributed by atoms with E-state index in [1.807, 2.05) is 12.1 Å². The fourth-order valence-electron chi connectivity index (χ4n) is 4.81. The van der Waals surface area contributed by atoms with E-state index in [0.29, 0.717) is 25.3 Å². The first-order valence-corrected chi connectivity index (χ1v) is 12.3. The summed E-state index contributed by atoms with van der Waals surface area (Å²) in [6.45, 7) is 2.61. The SMILES string of the molecule is COc1cc2nnsc2cc1Nc1ncnc2sc3c(c12)CC[C@H](C(=O)N1CC(C)(O)C1)C3. The number of thiophene rings is 1. The number of aliphatic hydroxyl groups is 1. The number of benzene rings is 1. The van der Waals surface area contributed by atoms with Crippen LogP contribution < -0.4 is 10.1 Å². The summed E-state index contributed by atoms with van der Waals surface area (Å²) in [6, 6.07) is 3.84. The molecule has 1 saturated heterocycles. The Balaban J connectivity index is 1.32. The molecule has 9 nitrogen and oxygen atoms in total. The van der Waals surface area contributed by atoms with Gasteiger partial charge in [0.05, 0.1) is 41.6 Å². The van der Waals surface area contributed by atoms with Crippen molar-refractivity contribution in [1.82, 2.24) is 24.5 Å². The lowest BCUT2D eigenvalue weighted by Crippen LogP contribution is -2.63. The molecule has 0 bridgehead atoms. The monoisotopic (exact) mass is 482 g/mol. The molecule has 0 saturated carbocycles. The van der Waals surface area contributed by atoms with E-state index in [1.165, 1.54) is 22.0 Å². The third-order valence-electron chi connectivity index (χ3n) is 6.39. The maximum Gasteiger partial charge on any atom is 0.226 e.